The molecule has 1 heterocycles. The summed E-state index contributed by atoms with van der Waals surface area (Å²) in [7, 11) is 0.965. The average molecular weight is 597 g/mol. The fraction of sp³-hybridized carbons (Fsp3) is 0.414. The zero-order valence-electron chi connectivity index (χ0n) is 22.6. The van der Waals surface area contributed by atoms with Crippen molar-refractivity contribution in [1.29, 1.82) is 0 Å². The van der Waals surface area contributed by atoms with Crippen molar-refractivity contribution in [2.24, 2.45) is 10.9 Å². The number of hydrogen-bond donors (Lipinski definition) is 2. The molecular formula is C29H32ClF3N2O6. The summed E-state index contributed by atoms with van der Waals surface area (Å²) in [6.45, 7) is 2.18. The average Bonchev–Trinajstić information content (AvgIpc) is 2.94. The summed E-state index contributed by atoms with van der Waals surface area (Å²) in [5.74, 6) is -4.81. The molecule has 0 aromatic heterocycles. The van der Waals surface area contributed by atoms with Crippen LogP contribution in [0.1, 0.15) is 31.2 Å². The first kappa shape index (κ1) is 32.1. The van der Waals surface area contributed by atoms with Crippen molar-refractivity contribution in [2.75, 3.05) is 33.4 Å². The number of nitrogens with zero attached hydrogens (tertiary/aromatic N) is 1. The number of esters is 2. The quantitative estimate of drug-likeness (QED) is 0.251. The number of carbonyl (C=O) groups excluding carboxylic acids is 2. The number of aliphatic hydroxyl groups is 1. The summed E-state index contributed by atoms with van der Waals surface area (Å²) >= 11 is 6.32. The van der Waals surface area contributed by atoms with E-state index in [-0.39, 0.29) is 35.1 Å². The van der Waals surface area contributed by atoms with E-state index in [4.69, 9.17) is 25.8 Å². The van der Waals surface area contributed by atoms with Crippen molar-refractivity contribution >= 4 is 29.3 Å². The highest BCUT2D eigenvalue weighted by molar-refractivity contribution is 6.31. The molecule has 0 spiro atoms. The van der Waals surface area contributed by atoms with Gasteiger partial charge in [0, 0.05) is 23.2 Å². The van der Waals surface area contributed by atoms with Gasteiger partial charge in [0.25, 0.3) is 0 Å². The van der Waals surface area contributed by atoms with Crippen molar-refractivity contribution in [3.8, 4) is 5.75 Å². The minimum absolute atomic E-state index is 0.0229. The van der Waals surface area contributed by atoms with Crippen LogP contribution < -0.4 is 10.1 Å². The number of rotatable bonds is 13. The van der Waals surface area contributed by atoms with E-state index in [0.29, 0.717) is 31.7 Å². The number of para-hydroxylation sites is 1. The monoisotopic (exact) mass is 596 g/mol. The second-order valence-corrected chi connectivity index (χ2v) is 9.73. The molecule has 12 heteroatoms. The molecule has 8 nitrogen and oxygen atoms in total. The Hall–Kier alpha value is -3.41. The second-order valence-electron chi connectivity index (χ2n) is 9.32. The Morgan fingerprint density at radius 3 is 2.44 bits per heavy atom. The largest absolute Gasteiger partial charge is 0.491 e. The van der Waals surface area contributed by atoms with E-state index in [2.05, 4.69) is 10.3 Å². The van der Waals surface area contributed by atoms with Crippen LogP contribution >= 0.6 is 11.6 Å². The molecule has 3 unspecified atom stereocenters. The Balaban J connectivity index is 1.61. The van der Waals surface area contributed by atoms with E-state index in [0.717, 1.165) is 7.11 Å². The lowest BCUT2D eigenvalue weighted by Gasteiger charge is -2.33. The molecule has 2 aromatic carbocycles. The van der Waals surface area contributed by atoms with Crippen LogP contribution in [-0.4, -0.2) is 68.5 Å². The zero-order valence-corrected chi connectivity index (χ0v) is 23.4. The molecule has 0 radical (unpaired) electrons. The van der Waals surface area contributed by atoms with Gasteiger partial charge in [0.1, 0.15) is 30.1 Å². The van der Waals surface area contributed by atoms with E-state index >= 15 is 0 Å². The number of benzene rings is 2. The normalized spacial score (nSPS) is 18.0. The van der Waals surface area contributed by atoms with Gasteiger partial charge in [-0.3, -0.25) is 9.79 Å². The fourth-order valence-electron chi connectivity index (χ4n) is 4.44. The number of ether oxygens (including phenoxy) is 3. The Morgan fingerprint density at radius 1 is 1.10 bits per heavy atom. The first-order valence-corrected chi connectivity index (χ1v) is 13.3. The first-order valence-electron chi connectivity index (χ1n) is 13.0. The van der Waals surface area contributed by atoms with Gasteiger partial charge < -0.3 is 24.6 Å². The third kappa shape index (κ3) is 8.79. The maximum absolute atomic E-state index is 14.0. The van der Waals surface area contributed by atoms with Gasteiger partial charge in [-0.1, -0.05) is 48.0 Å². The van der Waals surface area contributed by atoms with E-state index in [1.807, 2.05) is 18.2 Å². The Bertz CT molecular complexity index is 1250. The molecule has 222 valence electrons. The number of hydrogen-bond acceptors (Lipinski definition) is 8. The van der Waals surface area contributed by atoms with Crippen LogP contribution in [0.5, 0.6) is 5.75 Å². The number of aliphatic imine (C=N–C) groups is 1. The number of allylic oxidation sites excluding steroid dienone is 1. The highest BCUT2D eigenvalue weighted by Crippen LogP contribution is 2.45. The molecule has 0 amide bonds. The number of methoxy groups -OCH3 is 1. The molecule has 41 heavy (non-hydrogen) atoms. The van der Waals surface area contributed by atoms with Gasteiger partial charge in [0.15, 0.2) is 0 Å². The van der Waals surface area contributed by atoms with Crippen molar-refractivity contribution in [2.45, 2.75) is 38.0 Å². The van der Waals surface area contributed by atoms with Crippen LogP contribution in [0.2, 0.25) is 5.02 Å². The zero-order chi connectivity index (χ0) is 30.0. The van der Waals surface area contributed by atoms with E-state index in [1.54, 1.807) is 24.3 Å². The van der Waals surface area contributed by atoms with E-state index in [1.165, 1.54) is 19.1 Å². The number of aliphatic hydroxyl groups excluding tert-OH is 1. The summed E-state index contributed by atoms with van der Waals surface area (Å²) in [6.07, 6.45) is -4.65. The summed E-state index contributed by atoms with van der Waals surface area (Å²) in [5.41, 5.74) is -1.64. The molecule has 1 aliphatic rings. The number of carbonyl (C=O) groups is 2. The molecule has 0 saturated heterocycles. The molecule has 0 aliphatic carbocycles. The van der Waals surface area contributed by atoms with Crippen molar-refractivity contribution in [3.05, 3.63) is 76.5 Å². The number of nitrogens with one attached hydrogen (secondary N) is 1. The number of alkyl halides is 3. The SMILES string of the molecule is COC(=O)C1C(C(F)(F)F)=NC(C)=C(C(=O)OCCCCNCC(O)COc2ccccc2)C1c1ccccc1Cl. The predicted octanol–water partition coefficient (Wildman–Crippen LogP) is 4.86. The third-order valence-corrected chi connectivity index (χ3v) is 6.71. The van der Waals surface area contributed by atoms with Crippen molar-refractivity contribution < 1.29 is 42.1 Å². The molecule has 2 N–H and O–H groups in total. The summed E-state index contributed by atoms with van der Waals surface area (Å²) in [4.78, 5) is 29.5. The molecule has 0 saturated carbocycles. The van der Waals surface area contributed by atoms with Gasteiger partial charge in [0.05, 0.1) is 19.3 Å². The van der Waals surface area contributed by atoms with Gasteiger partial charge >= 0.3 is 18.1 Å². The molecule has 2 aromatic rings. The van der Waals surface area contributed by atoms with Gasteiger partial charge in [-0.05, 0) is 50.1 Å². The summed E-state index contributed by atoms with van der Waals surface area (Å²) in [5, 5.41) is 13.2. The first-order chi connectivity index (χ1) is 19.5. The Kier molecular flexibility index (Phi) is 11.7. The van der Waals surface area contributed by atoms with Crippen LogP contribution in [0.25, 0.3) is 0 Å². The molecule has 0 bridgehead atoms. The predicted molar refractivity (Wildman–Crippen MR) is 147 cm³/mol. The lowest BCUT2D eigenvalue weighted by molar-refractivity contribution is -0.145. The van der Waals surface area contributed by atoms with E-state index in [9.17, 15) is 27.9 Å². The third-order valence-electron chi connectivity index (χ3n) is 6.37. The highest BCUT2D eigenvalue weighted by atomic mass is 35.5. The van der Waals surface area contributed by atoms with Crippen LogP contribution in [0.4, 0.5) is 13.2 Å². The van der Waals surface area contributed by atoms with Gasteiger partial charge in [-0.25, -0.2) is 4.79 Å². The van der Waals surface area contributed by atoms with Crippen molar-refractivity contribution in [3.63, 3.8) is 0 Å². The lowest BCUT2D eigenvalue weighted by atomic mass is 9.75. The second kappa shape index (κ2) is 15.0. The number of unbranched alkanes of at least 4 members (excludes halogenated alkanes) is 1. The summed E-state index contributed by atoms with van der Waals surface area (Å²) in [6, 6.07) is 15.2. The maximum Gasteiger partial charge on any atom is 0.430 e. The smallest absolute Gasteiger partial charge is 0.430 e. The standard InChI is InChI=1S/C29H32ClF3N2O6/c1-18-23(28(38)40-15-9-8-14-34-16-19(36)17-41-20-10-4-3-5-11-20)24(21-12-6-7-13-22(21)30)25(27(37)39-2)26(35-18)29(31,32)33/h3-7,10-13,19,24-25,34,36H,8-9,14-17H2,1-2H3. The van der Waals surface area contributed by atoms with Crippen LogP contribution in [0.3, 0.4) is 0 Å². The maximum atomic E-state index is 14.0. The van der Waals surface area contributed by atoms with Gasteiger partial charge in [-0.15, -0.1) is 0 Å². The minimum atomic E-state index is -4.96. The molecule has 3 rings (SSSR count). The molecular weight excluding hydrogens is 565 g/mol. The van der Waals surface area contributed by atoms with Crippen LogP contribution in [0, 0.1) is 5.92 Å². The minimum Gasteiger partial charge on any atom is -0.491 e. The van der Waals surface area contributed by atoms with Crippen molar-refractivity contribution in [1.82, 2.24) is 5.32 Å². The van der Waals surface area contributed by atoms with Gasteiger partial charge in [-0.2, -0.15) is 13.2 Å². The highest BCUT2D eigenvalue weighted by Gasteiger charge is 2.53. The molecule has 3 atom stereocenters. The van der Waals surface area contributed by atoms with Crippen LogP contribution in [0.15, 0.2) is 70.9 Å². The Labute approximate surface area is 241 Å². The van der Waals surface area contributed by atoms with Gasteiger partial charge in [0.2, 0.25) is 0 Å². The lowest BCUT2D eigenvalue weighted by Crippen LogP contribution is -2.43. The topological polar surface area (TPSA) is 106 Å². The number of halogens is 4. The fourth-order valence-corrected chi connectivity index (χ4v) is 4.70. The molecule has 0 fully saturated rings. The van der Waals surface area contributed by atoms with Crippen LogP contribution in [-0.2, 0) is 19.1 Å². The molecule has 1 aliphatic heterocycles. The Morgan fingerprint density at radius 2 is 1.78 bits per heavy atom. The van der Waals surface area contributed by atoms with E-state index < -0.39 is 41.8 Å². The summed E-state index contributed by atoms with van der Waals surface area (Å²) < 4.78 is 57.5.